The highest BCUT2D eigenvalue weighted by Gasteiger charge is 2.26. The number of hydrogen-bond acceptors (Lipinski definition) is 4. The smallest absolute Gasteiger partial charge is 0.250 e. The first-order valence-electron chi connectivity index (χ1n) is 11.5. The third kappa shape index (κ3) is 6.30. The number of nitrogens with zero attached hydrogens (tertiary/aromatic N) is 3. The fraction of sp³-hybridized carbons (Fsp3) is 0.407. The summed E-state index contributed by atoms with van der Waals surface area (Å²) < 4.78 is 5.49. The second-order valence-corrected chi connectivity index (χ2v) is 9.48. The highest BCUT2D eigenvalue weighted by Crippen LogP contribution is 2.34. The Labute approximate surface area is 196 Å². The van der Waals surface area contributed by atoms with Crippen molar-refractivity contribution in [1.29, 1.82) is 0 Å². The molecule has 0 saturated heterocycles. The first kappa shape index (κ1) is 22.8. The van der Waals surface area contributed by atoms with E-state index in [0.29, 0.717) is 24.2 Å². The Bertz CT molecular complexity index is 1000. The van der Waals surface area contributed by atoms with E-state index in [1.54, 1.807) is 0 Å². The summed E-state index contributed by atoms with van der Waals surface area (Å²) in [6, 6.07) is 19.2. The van der Waals surface area contributed by atoms with E-state index < -0.39 is 0 Å². The van der Waals surface area contributed by atoms with E-state index in [1.165, 1.54) is 30.4 Å². The van der Waals surface area contributed by atoms with Crippen molar-refractivity contribution in [3.63, 3.8) is 0 Å². The molecule has 4 rings (SSSR count). The van der Waals surface area contributed by atoms with Crippen LogP contribution in [-0.4, -0.2) is 35.2 Å². The number of allylic oxidation sites excluding steroid dienone is 1. The minimum atomic E-state index is 0.617. The molecule has 1 saturated carbocycles. The molecule has 1 unspecified atom stereocenters. The van der Waals surface area contributed by atoms with Gasteiger partial charge in [-0.15, -0.1) is 0 Å². The Morgan fingerprint density at radius 3 is 2.44 bits per heavy atom. The van der Waals surface area contributed by atoms with Gasteiger partial charge < -0.3 is 9.42 Å². The molecule has 0 bridgehead atoms. The fourth-order valence-corrected chi connectivity index (χ4v) is 4.90. The van der Waals surface area contributed by atoms with Crippen molar-refractivity contribution in [2.45, 2.75) is 51.0 Å². The van der Waals surface area contributed by atoms with Crippen LogP contribution in [0.3, 0.4) is 0 Å². The van der Waals surface area contributed by atoms with Gasteiger partial charge in [0.05, 0.1) is 0 Å². The van der Waals surface area contributed by atoms with Gasteiger partial charge in [-0.25, -0.2) is 0 Å². The number of halogens is 1. The maximum Gasteiger partial charge on any atom is 0.250 e. The molecule has 3 aromatic rings. The summed E-state index contributed by atoms with van der Waals surface area (Å²) >= 11 is 5.96. The maximum absolute atomic E-state index is 5.96. The van der Waals surface area contributed by atoms with Gasteiger partial charge in [0.25, 0.3) is 5.89 Å². The summed E-state index contributed by atoms with van der Waals surface area (Å²) in [7, 11) is 4.45. The summed E-state index contributed by atoms with van der Waals surface area (Å²) in [6.45, 7) is 0. The lowest BCUT2D eigenvalue weighted by molar-refractivity contribution is 0.172. The number of rotatable bonds is 8. The molecule has 0 radical (unpaired) electrons. The number of hydrogen-bond donors (Lipinski definition) is 0. The second kappa shape index (κ2) is 10.9. The van der Waals surface area contributed by atoms with E-state index in [9.17, 15) is 0 Å². The fourth-order valence-electron chi connectivity index (χ4n) is 4.77. The van der Waals surface area contributed by atoms with Crippen molar-refractivity contribution >= 4 is 17.7 Å². The van der Waals surface area contributed by atoms with Gasteiger partial charge in [0.15, 0.2) is 5.82 Å². The number of aromatic nitrogens is 2. The van der Waals surface area contributed by atoms with E-state index >= 15 is 0 Å². The van der Waals surface area contributed by atoms with Crippen molar-refractivity contribution in [3.05, 3.63) is 88.0 Å². The van der Waals surface area contributed by atoms with E-state index in [1.807, 2.05) is 24.3 Å². The molecule has 0 N–H and O–H groups in total. The van der Waals surface area contributed by atoms with Crippen LogP contribution in [0.2, 0.25) is 5.02 Å². The van der Waals surface area contributed by atoms with Crippen LogP contribution in [0.1, 0.15) is 54.9 Å². The Hall–Kier alpha value is -2.43. The molecule has 2 aromatic carbocycles. The number of aryl methyl sites for hydroxylation is 1. The van der Waals surface area contributed by atoms with Crippen LogP contribution in [0.15, 0.2) is 64.7 Å². The van der Waals surface area contributed by atoms with Gasteiger partial charge in [0.2, 0.25) is 0 Å². The third-order valence-electron chi connectivity index (χ3n) is 6.54. The van der Waals surface area contributed by atoms with Gasteiger partial charge >= 0.3 is 0 Å². The average molecular weight is 450 g/mol. The molecule has 32 heavy (non-hydrogen) atoms. The van der Waals surface area contributed by atoms with Crippen LogP contribution in [0, 0.1) is 5.92 Å². The van der Waals surface area contributed by atoms with E-state index in [4.69, 9.17) is 16.1 Å². The molecular formula is C27H32ClN3O. The van der Waals surface area contributed by atoms with Crippen LogP contribution < -0.4 is 0 Å². The second-order valence-electron chi connectivity index (χ2n) is 9.05. The molecule has 0 amide bonds. The quantitative estimate of drug-likeness (QED) is 0.396. The van der Waals surface area contributed by atoms with Crippen LogP contribution in [0.5, 0.6) is 0 Å². The highest BCUT2D eigenvalue weighted by atomic mass is 35.5. The minimum absolute atomic E-state index is 0.617. The zero-order valence-corrected chi connectivity index (χ0v) is 19.8. The van der Waals surface area contributed by atoms with Gasteiger partial charge in [0, 0.05) is 23.6 Å². The number of benzene rings is 2. The van der Waals surface area contributed by atoms with Gasteiger partial charge in [-0.3, -0.25) is 0 Å². The lowest BCUT2D eigenvalue weighted by Crippen LogP contribution is -2.37. The van der Waals surface area contributed by atoms with Crippen LogP contribution in [0.25, 0.3) is 6.08 Å². The zero-order chi connectivity index (χ0) is 22.3. The molecular weight excluding hydrogens is 418 g/mol. The summed E-state index contributed by atoms with van der Waals surface area (Å²) in [4.78, 5) is 6.99. The Balaban J connectivity index is 1.31. The third-order valence-corrected chi connectivity index (χ3v) is 6.79. The van der Waals surface area contributed by atoms with Crippen LogP contribution >= 0.6 is 11.6 Å². The van der Waals surface area contributed by atoms with Crippen molar-refractivity contribution in [1.82, 2.24) is 15.0 Å². The molecule has 1 heterocycles. The van der Waals surface area contributed by atoms with E-state index in [-0.39, 0.29) is 0 Å². The molecule has 0 spiro atoms. The first-order valence-corrected chi connectivity index (χ1v) is 11.9. The van der Waals surface area contributed by atoms with Crippen LogP contribution in [0.4, 0.5) is 0 Å². The standard InChI is InChI=1S/C27H32ClN3O/c1-31(2)25(17-12-20-6-4-3-5-7-20)23-13-8-22(9-14-23)19-27-29-26(30-32-27)18-21-10-15-24(28)16-11-21/h3-7,10-11,15-16,19,23,25H,8-9,12-14,17-18H2,1-2H3. The SMILES string of the molecule is CN(C)C(CCc1ccccc1)C1CCC(=Cc2nc(Cc3ccc(Cl)cc3)no2)CC1. The van der Waals surface area contributed by atoms with Crippen molar-refractivity contribution in [2.24, 2.45) is 5.92 Å². The summed E-state index contributed by atoms with van der Waals surface area (Å²) in [6.07, 6.45) is 9.75. The van der Waals surface area contributed by atoms with Crippen molar-refractivity contribution in [2.75, 3.05) is 14.1 Å². The normalized spacial score (nSPS) is 17.5. The predicted octanol–water partition coefficient (Wildman–Crippen LogP) is 6.45. The molecule has 5 heteroatoms. The van der Waals surface area contributed by atoms with Crippen LogP contribution in [-0.2, 0) is 12.8 Å². The Kier molecular flexibility index (Phi) is 7.77. The van der Waals surface area contributed by atoms with Gasteiger partial charge in [-0.2, -0.15) is 4.98 Å². The topological polar surface area (TPSA) is 42.2 Å². The van der Waals surface area contributed by atoms with Gasteiger partial charge in [-0.05, 0) is 81.8 Å². The Morgan fingerprint density at radius 2 is 1.75 bits per heavy atom. The molecule has 1 aromatic heterocycles. The zero-order valence-electron chi connectivity index (χ0n) is 19.0. The molecule has 1 atom stereocenters. The van der Waals surface area contributed by atoms with Gasteiger partial charge in [-0.1, -0.05) is 64.8 Å². The largest absolute Gasteiger partial charge is 0.335 e. The van der Waals surface area contributed by atoms with Gasteiger partial charge in [0.1, 0.15) is 0 Å². The molecule has 1 aliphatic rings. The molecule has 168 valence electrons. The Morgan fingerprint density at radius 1 is 1.03 bits per heavy atom. The van der Waals surface area contributed by atoms with E-state index in [0.717, 1.165) is 35.8 Å². The van der Waals surface area contributed by atoms with E-state index in [2.05, 4.69) is 65.5 Å². The summed E-state index contributed by atoms with van der Waals surface area (Å²) in [5.41, 5.74) is 3.98. The first-order chi connectivity index (χ1) is 15.6. The predicted molar refractivity (Wildman–Crippen MR) is 131 cm³/mol. The molecule has 4 nitrogen and oxygen atoms in total. The maximum atomic E-state index is 5.96. The monoisotopic (exact) mass is 449 g/mol. The average Bonchev–Trinajstić information content (AvgIpc) is 3.24. The van der Waals surface area contributed by atoms with Crippen molar-refractivity contribution < 1.29 is 4.52 Å². The molecule has 1 fully saturated rings. The molecule has 1 aliphatic carbocycles. The lowest BCUT2D eigenvalue weighted by Gasteiger charge is -2.35. The van der Waals surface area contributed by atoms with Crippen molar-refractivity contribution in [3.8, 4) is 0 Å². The summed E-state index contributed by atoms with van der Waals surface area (Å²) in [5.74, 6) is 2.06. The highest BCUT2D eigenvalue weighted by molar-refractivity contribution is 6.30. The minimum Gasteiger partial charge on any atom is -0.335 e. The lowest BCUT2D eigenvalue weighted by atomic mass is 9.79. The molecule has 0 aliphatic heterocycles. The summed E-state index contributed by atoms with van der Waals surface area (Å²) in [5, 5.41) is 4.88.